The standard InChI is InChI=1S/C28H38N4O5/c1-5-31(26-20(2)16-23(17-29-26)21-6-7-21)13-12-30(3)27(33)22-8-10-24(11-9-22)32-25(19-37-28(32)34)18-36-15-14-35-4/h8-11,16-17,21,25H,5-7,12-15,18-19H2,1-4H3/t25-/m1/s1. The second kappa shape index (κ2) is 12.4. The van der Waals surface area contributed by atoms with Gasteiger partial charge in [0.25, 0.3) is 5.91 Å². The number of carbonyl (C=O) groups is 2. The predicted molar refractivity (Wildman–Crippen MR) is 143 cm³/mol. The van der Waals surface area contributed by atoms with Gasteiger partial charge >= 0.3 is 6.09 Å². The Morgan fingerprint density at radius 1 is 1.19 bits per heavy atom. The molecule has 0 radical (unpaired) electrons. The summed E-state index contributed by atoms with van der Waals surface area (Å²) >= 11 is 0. The number of ether oxygens (including phenoxy) is 3. The van der Waals surface area contributed by atoms with Crippen molar-refractivity contribution in [3.8, 4) is 0 Å². The van der Waals surface area contributed by atoms with Gasteiger partial charge in [-0.1, -0.05) is 6.07 Å². The molecule has 2 fully saturated rings. The lowest BCUT2D eigenvalue weighted by Gasteiger charge is -2.27. The number of methoxy groups -OCH3 is 1. The summed E-state index contributed by atoms with van der Waals surface area (Å²) in [6, 6.07) is 9.10. The molecule has 2 aromatic rings. The van der Waals surface area contributed by atoms with Gasteiger partial charge in [0.1, 0.15) is 12.4 Å². The zero-order valence-corrected chi connectivity index (χ0v) is 22.3. The molecule has 0 bridgehead atoms. The second-order valence-corrected chi connectivity index (χ2v) is 9.71. The molecule has 0 N–H and O–H groups in total. The number of aryl methyl sites for hydroxylation is 1. The third-order valence-electron chi connectivity index (χ3n) is 6.95. The molecule has 1 aromatic heterocycles. The summed E-state index contributed by atoms with van der Waals surface area (Å²) < 4.78 is 15.8. The lowest BCUT2D eigenvalue weighted by atomic mass is 10.1. The molecule has 1 saturated heterocycles. The first-order chi connectivity index (χ1) is 17.9. The van der Waals surface area contributed by atoms with Crippen LogP contribution < -0.4 is 9.80 Å². The van der Waals surface area contributed by atoms with E-state index in [4.69, 9.17) is 19.2 Å². The van der Waals surface area contributed by atoms with Gasteiger partial charge in [-0.3, -0.25) is 9.69 Å². The van der Waals surface area contributed by atoms with Crippen LogP contribution in [0.3, 0.4) is 0 Å². The van der Waals surface area contributed by atoms with E-state index < -0.39 is 6.09 Å². The normalized spacial score (nSPS) is 17.1. The molecule has 2 aliphatic rings. The first kappa shape index (κ1) is 26.9. The Balaban J connectivity index is 1.33. The molecule has 9 nitrogen and oxygen atoms in total. The lowest BCUT2D eigenvalue weighted by Crippen LogP contribution is -2.38. The van der Waals surface area contributed by atoms with E-state index in [9.17, 15) is 9.59 Å². The zero-order valence-electron chi connectivity index (χ0n) is 22.3. The van der Waals surface area contributed by atoms with Crippen molar-refractivity contribution >= 4 is 23.5 Å². The average molecular weight is 511 g/mol. The molecule has 2 heterocycles. The third-order valence-corrected chi connectivity index (χ3v) is 6.95. The van der Waals surface area contributed by atoms with E-state index in [1.54, 1.807) is 41.2 Å². The van der Waals surface area contributed by atoms with Crippen molar-refractivity contribution in [2.75, 3.05) is 70.0 Å². The number of nitrogens with zero attached hydrogens (tertiary/aromatic N) is 4. The smallest absolute Gasteiger partial charge is 0.414 e. The third kappa shape index (κ3) is 6.59. The van der Waals surface area contributed by atoms with Crippen molar-refractivity contribution < 1.29 is 23.8 Å². The highest BCUT2D eigenvalue weighted by Crippen LogP contribution is 2.40. The Hall–Kier alpha value is -3.17. The molecule has 1 aliphatic heterocycles. The van der Waals surface area contributed by atoms with Crippen LogP contribution in [0.25, 0.3) is 0 Å². The molecule has 9 heteroatoms. The van der Waals surface area contributed by atoms with Crippen LogP contribution in [0.5, 0.6) is 0 Å². The van der Waals surface area contributed by atoms with E-state index in [1.165, 1.54) is 24.0 Å². The SMILES string of the molecule is CCN(CCN(C)C(=O)c1ccc(N2C(=O)OC[C@H]2COCCOC)cc1)c1ncc(C2CC2)cc1C. The minimum atomic E-state index is -0.412. The molecule has 1 saturated carbocycles. The molecule has 4 rings (SSSR count). The highest BCUT2D eigenvalue weighted by atomic mass is 16.6. The summed E-state index contributed by atoms with van der Waals surface area (Å²) in [4.78, 5) is 35.7. The summed E-state index contributed by atoms with van der Waals surface area (Å²) in [5, 5.41) is 0. The topological polar surface area (TPSA) is 84.4 Å². The van der Waals surface area contributed by atoms with Crippen LogP contribution in [0.1, 0.15) is 47.2 Å². The molecule has 1 aliphatic carbocycles. The van der Waals surface area contributed by atoms with Gasteiger partial charge in [0.2, 0.25) is 0 Å². The van der Waals surface area contributed by atoms with Gasteiger partial charge in [-0.2, -0.15) is 0 Å². The number of hydrogen-bond acceptors (Lipinski definition) is 7. The van der Waals surface area contributed by atoms with Gasteiger partial charge < -0.3 is 24.0 Å². The number of carbonyl (C=O) groups excluding carboxylic acids is 2. The van der Waals surface area contributed by atoms with Crippen molar-refractivity contribution in [3.63, 3.8) is 0 Å². The maximum absolute atomic E-state index is 13.1. The van der Waals surface area contributed by atoms with E-state index in [-0.39, 0.29) is 18.6 Å². The van der Waals surface area contributed by atoms with Gasteiger partial charge in [0.05, 0.1) is 25.9 Å². The summed E-state index contributed by atoms with van der Waals surface area (Å²) in [6.07, 6.45) is 4.12. The van der Waals surface area contributed by atoms with E-state index in [1.807, 2.05) is 13.2 Å². The van der Waals surface area contributed by atoms with Crippen molar-refractivity contribution in [1.82, 2.24) is 9.88 Å². The molecule has 0 unspecified atom stereocenters. The van der Waals surface area contributed by atoms with Crippen LogP contribution >= 0.6 is 0 Å². The number of likely N-dealkylation sites (N-methyl/N-ethyl adjacent to an activating group) is 2. The molecule has 2 amide bonds. The van der Waals surface area contributed by atoms with Gasteiger partial charge in [0, 0.05) is 51.2 Å². The Morgan fingerprint density at radius 2 is 1.95 bits per heavy atom. The van der Waals surface area contributed by atoms with Crippen LogP contribution in [0.15, 0.2) is 36.5 Å². The fourth-order valence-corrected chi connectivity index (χ4v) is 4.59. The van der Waals surface area contributed by atoms with Crippen molar-refractivity contribution in [2.45, 2.75) is 38.6 Å². The fourth-order valence-electron chi connectivity index (χ4n) is 4.59. The van der Waals surface area contributed by atoms with Crippen molar-refractivity contribution in [2.24, 2.45) is 0 Å². The molecular weight excluding hydrogens is 472 g/mol. The zero-order chi connectivity index (χ0) is 26.4. The van der Waals surface area contributed by atoms with Gasteiger partial charge in [0.15, 0.2) is 0 Å². The molecular formula is C28H38N4O5. The average Bonchev–Trinajstić information content (AvgIpc) is 3.70. The van der Waals surface area contributed by atoms with Crippen molar-refractivity contribution in [1.29, 1.82) is 0 Å². The van der Waals surface area contributed by atoms with E-state index in [0.717, 1.165) is 12.4 Å². The number of hydrogen-bond donors (Lipinski definition) is 0. The largest absolute Gasteiger partial charge is 0.447 e. The van der Waals surface area contributed by atoms with E-state index in [2.05, 4.69) is 24.8 Å². The molecule has 1 aromatic carbocycles. The number of pyridine rings is 1. The van der Waals surface area contributed by atoms with Gasteiger partial charge in [-0.15, -0.1) is 0 Å². The van der Waals surface area contributed by atoms with Crippen LogP contribution in [-0.2, 0) is 14.2 Å². The number of cyclic esters (lactones) is 1. The summed E-state index contributed by atoms with van der Waals surface area (Å²) in [5.41, 5.74) is 3.76. The molecule has 1 atom stereocenters. The molecule has 200 valence electrons. The van der Waals surface area contributed by atoms with Crippen LogP contribution in [0.4, 0.5) is 16.3 Å². The van der Waals surface area contributed by atoms with Crippen LogP contribution in [0.2, 0.25) is 0 Å². The Kier molecular flexibility index (Phi) is 9.00. The Bertz CT molecular complexity index is 1070. The molecule has 37 heavy (non-hydrogen) atoms. The minimum Gasteiger partial charge on any atom is -0.447 e. The highest BCUT2D eigenvalue weighted by Gasteiger charge is 2.34. The van der Waals surface area contributed by atoms with Crippen molar-refractivity contribution in [3.05, 3.63) is 53.2 Å². The second-order valence-electron chi connectivity index (χ2n) is 9.71. The van der Waals surface area contributed by atoms with Gasteiger partial charge in [-0.05, 0) is 68.0 Å². The van der Waals surface area contributed by atoms with E-state index in [0.29, 0.717) is 50.1 Å². The first-order valence-corrected chi connectivity index (χ1v) is 13.0. The number of rotatable bonds is 13. The Labute approximate surface area is 219 Å². The van der Waals surface area contributed by atoms with Crippen LogP contribution in [0, 0.1) is 6.92 Å². The lowest BCUT2D eigenvalue weighted by molar-refractivity contribution is 0.0614. The maximum Gasteiger partial charge on any atom is 0.414 e. The number of aromatic nitrogens is 1. The number of benzene rings is 1. The minimum absolute atomic E-state index is 0.0696. The first-order valence-electron chi connectivity index (χ1n) is 13.0. The van der Waals surface area contributed by atoms with Crippen LogP contribution in [-0.4, -0.2) is 88.1 Å². The van der Waals surface area contributed by atoms with E-state index >= 15 is 0 Å². The quantitative estimate of drug-likeness (QED) is 0.379. The van der Waals surface area contributed by atoms with Gasteiger partial charge in [-0.25, -0.2) is 9.78 Å². The monoisotopic (exact) mass is 510 g/mol. The maximum atomic E-state index is 13.1. The summed E-state index contributed by atoms with van der Waals surface area (Å²) in [5.74, 6) is 1.59. The highest BCUT2D eigenvalue weighted by molar-refractivity contribution is 5.95. The predicted octanol–water partition coefficient (Wildman–Crippen LogP) is 3.85. The summed E-state index contributed by atoms with van der Waals surface area (Å²) in [7, 11) is 3.43. The summed E-state index contributed by atoms with van der Waals surface area (Å²) in [6.45, 7) is 7.85. The number of amides is 2. The number of anilines is 2. The molecule has 0 spiro atoms. The Morgan fingerprint density at radius 3 is 2.59 bits per heavy atom. The fraction of sp³-hybridized carbons (Fsp3) is 0.536.